The molecule has 0 saturated carbocycles. The molecule has 1 N–H and O–H groups in total. The summed E-state index contributed by atoms with van der Waals surface area (Å²) in [7, 11) is 6.56. The smallest absolute Gasteiger partial charge is 0.417 e. The molecule has 0 saturated heterocycles. The van der Waals surface area contributed by atoms with Crippen LogP contribution in [0.5, 0.6) is 11.5 Å². The first kappa shape index (κ1) is 32.3. The van der Waals surface area contributed by atoms with E-state index in [1.807, 2.05) is 29.0 Å². The number of fused-ring (bicyclic) bond motifs is 1. The van der Waals surface area contributed by atoms with E-state index in [2.05, 4.69) is 10.3 Å². The lowest BCUT2D eigenvalue weighted by Crippen LogP contribution is -2.47. The minimum Gasteiger partial charge on any atom is -0.497 e. The number of halogens is 4. The van der Waals surface area contributed by atoms with Crippen molar-refractivity contribution in [1.29, 1.82) is 5.26 Å². The van der Waals surface area contributed by atoms with Gasteiger partial charge in [0.05, 0.1) is 31.2 Å². The number of aryl methyl sites for hydroxylation is 1. The molecule has 44 heavy (non-hydrogen) atoms. The molecule has 234 valence electrons. The molecular formula is C31H34F4N6O3. The van der Waals surface area contributed by atoms with E-state index >= 15 is 4.39 Å². The number of para-hydroxylation sites is 1. The molecule has 1 aliphatic rings. The topological polar surface area (TPSA) is 94.0 Å². The molecule has 0 fully saturated rings. The van der Waals surface area contributed by atoms with Gasteiger partial charge in [0.2, 0.25) is 5.91 Å². The third-order valence-electron chi connectivity index (χ3n) is 7.52. The van der Waals surface area contributed by atoms with Gasteiger partial charge < -0.3 is 29.5 Å². The van der Waals surface area contributed by atoms with Crippen molar-refractivity contribution in [3.8, 4) is 17.6 Å². The highest BCUT2D eigenvalue weighted by Gasteiger charge is 2.37. The third kappa shape index (κ3) is 6.97. The van der Waals surface area contributed by atoms with Crippen molar-refractivity contribution in [3.63, 3.8) is 0 Å². The van der Waals surface area contributed by atoms with E-state index in [0.29, 0.717) is 36.8 Å². The van der Waals surface area contributed by atoms with Crippen molar-refractivity contribution >= 4 is 23.1 Å². The number of nitrogens with zero attached hydrogens (tertiary/aromatic N) is 5. The Morgan fingerprint density at radius 3 is 2.59 bits per heavy atom. The summed E-state index contributed by atoms with van der Waals surface area (Å²) in [6, 6.07) is 11.3. The van der Waals surface area contributed by atoms with E-state index in [9.17, 15) is 23.2 Å². The number of aromatic nitrogens is 1. The molecule has 1 atom stereocenters. The second-order valence-electron chi connectivity index (χ2n) is 10.5. The maximum atomic E-state index is 15.3. The molecular weight excluding hydrogens is 580 g/mol. The highest BCUT2D eigenvalue weighted by atomic mass is 19.4. The van der Waals surface area contributed by atoms with Crippen molar-refractivity contribution in [2.75, 3.05) is 63.1 Å². The van der Waals surface area contributed by atoms with Gasteiger partial charge in [-0.25, -0.2) is 9.37 Å². The predicted octanol–water partition coefficient (Wildman–Crippen LogP) is 5.22. The summed E-state index contributed by atoms with van der Waals surface area (Å²) in [5.41, 5.74) is -0.290. The molecule has 2 aromatic carbocycles. The fourth-order valence-corrected chi connectivity index (χ4v) is 5.24. The summed E-state index contributed by atoms with van der Waals surface area (Å²) < 4.78 is 67.2. The predicted molar refractivity (Wildman–Crippen MR) is 159 cm³/mol. The molecule has 1 aliphatic heterocycles. The van der Waals surface area contributed by atoms with Crippen LogP contribution in [0, 0.1) is 24.1 Å². The van der Waals surface area contributed by atoms with Gasteiger partial charge in [-0.05, 0) is 44.7 Å². The monoisotopic (exact) mass is 614 g/mol. The Balaban J connectivity index is 1.60. The number of rotatable bonds is 9. The van der Waals surface area contributed by atoms with Gasteiger partial charge in [-0.3, -0.25) is 4.79 Å². The quantitative estimate of drug-likeness (QED) is 0.328. The van der Waals surface area contributed by atoms with Crippen LogP contribution in [0.15, 0.2) is 42.5 Å². The zero-order valence-corrected chi connectivity index (χ0v) is 25.1. The third-order valence-corrected chi connectivity index (χ3v) is 7.52. The van der Waals surface area contributed by atoms with Crippen molar-refractivity contribution in [2.24, 2.45) is 0 Å². The molecule has 0 aliphatic carbocycles. The SMILES string of the molecule is COc1ccc(CN(C)CCN2CCC(Nc3nc(C)cc(C(F)(F)F)c3C#N)C(=O)N(C)c3cccc(F)c32)c(OC)c1. The zero-order chi connectivity index (χ0) is 32.2. The van der Waals surface area contributed by atoms with Crippen molar-refractivity contribution in [3.05, 3.63) is 70.7 Å². The lowest BCUT2D eigenvalue weighted by Gasteiger charge is -2.36. The molecule has 13 heteroatoms. The summed E-state index contributed by atoms with van der Waals surface area (Å²) >= 11 is 0. The summed E-state index contributed by atoms with van der Waals surface area (Å²) in [6.07, 6.45) is -4.68. The van der Waals surface area contributed by atoms with Gasteiger partial charge in [0, 0.05) is 50.6 Å². The van der Waals surface area contributed by atoms with E-state index in [0.717, 1.165) is 11.6 Å². The number of anilines is 3. The first-order valence-corrected chi connectivity index (χ1v) is 13.8. The van der Waals surface area contributed by atoms with Gasteiger partial charge in [-0.15, -0.1) is 0 Å². The van der Waals surface area contributed by atoms with Crippen LogP contribution in [0.2, 0.25) is 0 Å². The fraction of sp³-hybridized carbons (Fsp3) is 0.387. The average molecular weight is 615 g/mol. The van der Waals surface area contributed by atoms with E-state index < -0.39 is 35.1 Å². The highest BCUT2D eigenvalue weighted by Crippen LogP contribution is 2.37. The number of likely N-dealkylation sites (N-methyl/N-ethyl adjacent to an activating group) is 2. The number of pyridine rings is 1. The Bertz CT molecular complexity index is 1560. The molecule has 0 spiro atoms. The summed E-state index contributed by atoms with van der Waals surface area (Å²) in [6.45, 7) is 3.00. The number of ether oxygens (including phenoxy) is 2. The standard InChI is InChI=1S/C31H34F4N6O3/c1-19-15-23(31(33,34)35)22(17-36)29(37-19)38-25-11-12-41(28-24(32)7-6-8-26(28)40(3)30(25)42)14-13-39(2)18-20-9-10-21(43-4)16-27(20)44-5/h6-10,15-16,25H,11-14,18H2,1-5H3,(H,37,38). The Kier molecular flexibility index (Phi) is 9.84. The van der Waals surface area contributed by atoms with E-state index in [1.54, 1.807) is 32.4 Å². The van der Waals surface area contributed by atoms with Crippen LogP contribution in [0.1, 0.15) is 28.8 Å². The average Bonchev–Trinajstić information content (AvgIpc) is 2.98. The number of hydrogen-bond acceptors (Lipinski definition) is 8. The van der Waals surface area contributed by atoms with Crippen molar-refractivity contribution in [1.82, 2.24) is 9.88 Å². The number of amides is 1. The summed E-state index contributed by atoms with van der Waals surface area (Å²) in [5, 5.41) is 12.4. The Morgan fingerprint density at radius 1 is 1.18 bits per heavy atom. The molecule has 1 amide bonds. The zero-order valence-electron chi connectivity index (χ0n) is 25.1. The van der Waals surface area contributed by atoms with Crippen LogP contribution in [0.3, 0.4) is 0 Å². The first-order chi connectivity index (χ1) is 20.9. The van der Waals surface area contributed by atoms with Crippen LogP contribution in [-0.2, 0) is 17.5 Å². The van der Waals surface area contributed by atoms with Gasteiger partial charge in [-0.1, -0.05) is 12.1 Å². The Hall–Kier alpha value is -4.57. The molecule has 0 radical (unpaired) electrons. The van der Waals surface area contributed by atoms with Gasteiger partial charge >= 0.3 is 6.18 Å². The molecule has 1 unspecified atom stereocenters. The number of methoxy groups -OCH3 is 2. The first-order valence-electron chi connectivity index (χ1n) is 13.8. The van der Waals surface area contributed by atoms with Gasteiger partial charge in [-0.2, -0.15) is 18.4 Å². The van der Waals surface area contributed by atoms with Crippen LogP contribution >= 0.6 is 0 Å². The minimum absolute atomic E-state index is 0.0380. The Morgan fingerprint density at radius 2 is 1.93 bits per heavy atom. The second kappa shape index (κ2) is 13.4. The van der Waals surface area contributed by atoms with E-state index in [-0.39, 0.29) is 30.2 Å². The van der Waals surface area contributed by atoms with Crippen LogP contribution in [0.25, 0.3) is 0 Å². The van der Waals surface area contributed by atoms with Crippen molar-refractivity contribution in [2.45, 2.75) is 32.1 Å². The fourth-order valence-electron chi connectivity index (χ4n) is 5.24. The van der Waals surface area contributed by atoms with Crippen molar-refractivity contribution < 1.29 is 31.8 Å². The molecule has 9 nitrogen and oxygen atoms in total. The highest BCUT2D eigenvalue weighted by molar-refractivity contribution is 6.01. The van der Waals surface area contributed by atoms with Crippen LogP contribution in [-0.4, -0.2) is 69.8 Å². The second-order valence-corrected chi connectivity index (χ2v) is 10.5. The lowest BCUT2D eigenvalue weighted by atomic mass is 10.0. The number of hydrogen-bond donors (Lipinski definition) is 1. The number of alkyl halides is 3. The molecule has 3 aromatic rings. The molecule has 0 bridgehead atoms. The molecule has 1 aromatic heterocycles. The normalized spacial score (nSPS) is 15.4. The van der Waals surface area contributed by atoms with Crippen LogP contribution in [0.4, 0.5) is 34.8 Å². The van der Waals surface area contributed by atoms with Crippen LogP contribution < -0.4 is 24.6 Å². The molecule has 4 rings (SSSR count). The largest absolute Gasteiger partial charge is 0.497 e. The Labute approximate surface area is 253 Å². The number of carbonyl (C=O) groups is 1. The number of nitriles is 1. The molecule has 2 heterocycles. The van der Waals surface area contributed by atoms with E-state index in [4.69, 9.17) is 9.47 Å². The maximum Gasteiger partial charge on any atom is 0.417 e. The summed E-state index contributed by atoms with van der Waals surface area (Å²) in [5.74, 6) is 0.00513. The maximum absolute atomic E-state index is 15.3. The van der Waals surface area contributed by atoms with E-state index in [1.165, 1.54) is 31.0 Å². The number of benzene rings is 2. The lowest BCUT2D eigenvalue weighted by molar-refractivity contribution is -0.137. The van der Waals surface area contributed by atoms with Gasteiger partial charge in [0.25, 0.3) is 0 Å². The van der Waals surface area contributed by atoms with Gasteiger partial charge in [0.1, 0.15) is 40.8 Å². The summed E-state index contributed by atoms with van der Waals surface area (Å²) in [4.78, 5) is 22.9. The number of nitrogens with one attached hydrogen (secondary N) is 1. The number of carbonyl (C=O) groups excluding carboxylic acids is 1. The van der Waals surface area contributed by atoms with Gasteiger partial charge in [0.15, 0.2) is 0 Å². The minimum atomic E-state index is -4.79.